The molecule has 3 aromatic carbocycles. The highest BCUT2D eigenvalue weighted by Gasteiger charge is 2.43. The number of para-hydroxylation sites is 1. The van der Waals surface area contributed by atoms with E-state index in [1.807, 2.05) is 0 Å². The van der Waals surface area contributed by atoms with E-state index in [1.54, 1.807) is 4.90 Å². The number of rotatable bonds is 5. The lowest BCUT2D eigenvalue weighted by Gasteiger charge is -2.31. The lowest BCUT2D eigenvalue weighted by Crippen LogP contribution is -2.48. The number of halogens is 2. The monoisotopic (exact) mass is 498 g/mol. The van der Waals surface area contributed by atoms with E-state index in [9.17, 15) is 28.7 Å². The molecule has 3 aromatic rings. The quantitative estimate of drug-likeness (QED) is 0.314. The first-order chi connectivity index (χ1) is 16.8. The highest BCUT2D eigenvalue weighted by Crippen LogP contribution is 2.36. The Bertz CT molecular complexity index is 1430. The van der Waals surface area contributed by atoms with Crippen molar-refractivity contribution in [2.24, 2.45) is 5.92 Å². The fraction of sp³-hybridized carbons (Fsp3) is 0.250. The van der Waals surface area contributed by atoms with E-state index in [-0.39, 0.29) is 51.2 Å². The molecule has 4 N–H and O–H groups in total. The van der Waals surface area contributed by atoms with E-state index in [1.165, 1.54) is 30.3 Å². The van der Waals surface area contributed by atoms with E-state index < -0.39 is 28.3 Å². The van der Waals surface area contributed by atoms with Crippen LogP contribution in [-0.2, 0) is 4.79 Å². The Morgan fingerprint density at radius 2 is 1.69 bits per heavy atom. The summed E-state index contributed by atoms with van der Waals surface area (Å²) in [6, 6.07) is 8.17. The van der Waals surface area contributed by atoms with Gasteiger partial charge in [0, 0.05) is 19.1 Å². The lowest BCUT2D eigenvalue weighted by atomic mass is 9.93. The molecule has 5 rings (SSSR count). The molecule has 0 aromatic heterocycles. The van der Waals surface area contributed by atoms with Crippen molar-refractivity contribution in [3.05, 3.63) is 73.2 Å². The summed E-state index contributed by atoms with van der Waals surface area (Å²) in [7, 11) is 0. The molecule has 0 radical (unpaired) electrons. The molecule has 180 valence electrons. The molecular formula is C24H20ClFN4O5. The topological polar surface area (TPSA) is 128 Å². The van der Waals surface area contributed by atoms with Crippen LogP contribution in [-0.4, -0.2) is 41.0 Å². The number of hydrogen-bond donors (Lipinski definition) is 4. The summed E-state index contributed by atoms with van der Waals surface area (Å²) in [6.45, 7) is 0.867. The minimum Gasteiger partial charge on any atom is -0.505 e. The van der Waals surface area contributed by atoms with Gasteiger partial charge in [-0.3, -0.25) is 19.2 Å². The fourth-order valence-corrected chi connectivity index (χ4v) is 4.89. The number of aromatic hydroxyl groups is 1. The van der Waals surface area contributed by atoms with Crippen molar-refractivity contribution in [3.8, 4) is 5.75 Å². The number of nitrogens with zero attached hydrogens (tertiary/aromatic N) is 1. The zero-order valence-corrected chi connectivity index (χ0v) is 19.0. The average molecular weight is 499 g/mol. The van der Waals surface area contributed by atoms with Crippen molar-refractivity contribution in [1.29, 1.82) is 0 Å². The van der Waals surface area contributed by atoms with Crippen molar-refractivity contribution >= 4 is 46.2 Å². The third-order valence-electron chi connectivity index (χ3n) is 6.53. The number of carbonyl (C=O) groups excluding carboxylic acids is 2. The van der Waals surface area contributed by atoms with Gasteiger partial charge in [-0.2, -0.15) is 0 Å². The molecule has 2 amide bonds. The second-order valence-electron chi connectivity index (χ2n) is 8.50. The molecule has 2 fully saturated rings. The SMILES string of the molecule is O=C1NCCC2C1CCN2C(=O)c1cccc(Nc2c(Nc3cccc(F)c3Cl)c(=O)c2=O)c1O. The molecular weight excluding hydrogens is 479 g/mol. The summed E-state index contributed by atoms with van der Waals surface area (Å²) in [6.07, 6.45) is 1.17. The van der Waals surface area contributed by atoms with Crippen LogP contribution in [0.1, 0.15) is 23.2 Å². The Hall–Kier alpha value is -3.92. The predicted molar refractivity (Wildman–Crippen MR) is 128 cm³/mol. The van der Waals surface area contributed by atoms with E-state index >= 15 is 0 Å². The van der Waals surface area contributed by atoms with Gasteiger partial charge in [0.05, 0.1) is 27.9 Å². The van der Waals surface area contributed by atoms with Gasteiger partial charge in [-0.1, -0.05) is 23.7 Å². The second kappa shape index (κ2) is 8.70. The summed E-state index contributed by atoms with van der Waals surface area (Å²) in [4.78, 5) is 51.4. The first-order valence-corrected chi connectivity index (χ1v) is 11.4. The maximum atomic E-state index is 13.7. The number of hydrogen-bond acceptors (Lipinski definition) is 7. The number of nitrogens with one attached hydrogen (secondary N) is 3. The van der Waals surface area contributed by atoms with Gasteiger partial charge < -0.3 is 26.0 Å². The summed E-state index contributed by atoms with van der Waals surface area (Å²) in [5.74, 6) is -1.88. The highest BCUT2D eigenvalue weighted by molar-refractivity contribution is 6.33. The number of phenolic OH excluding ortho intramolecular Hbond substituents is 1. The Labute approximate surface area is 203 Å². The van der Waals surface area contributed by atoms with Gasteiger partial charge in [-0.05, 0) is 37.1 Å². The minimum atomic E-state index is -0.841. The Morgan fingerprint density at radius 1 is 1.03 bits per heavy atom. The lowest BCUT2D eigenvalue weighted by molar-refractivity contribution is -0.127. The molecule has 9 nitrogen and oxygen atoms in total. The first-order valence-electron chi connectivity index (χ1n) is 11.0. The molecule has 0 spiro atoms. The van der Waals surface area contributed by atoms with Crippen molar-refractivity contribution in [3.63, 3.8) is 0 Å². The van der Waals surface area contributed by atoms with Crippen molar-refractivity contribution in [1.82, 2.24) is 10.2 Å². The van der Waals surface area contributed by atoms with Crippen LogP contribution in [0.25, 0.3) is 0 Å². The average Bonchev–Trinajstić information content (AvgIpc) is 3.29. The van der Waals surface area contributed by atoms with E-state index in [4.69, 9.17) is 11.6 Å². The van der Waals surface area contributed by atoms with Gasteiger partial charge in [0.1, 0.15) is 17.2 Å². The van der Waals surface area contributed by atoms with Crippen molar-refractivity contribution in [2.45, 2.75) is 18.9 Å². The number of carbonyl (C=O) groups is 2. The molecule has 2 saturated heterocycles. The second-order valence-corrected chi connectivity index (χ2v) is 8.88. The molecule has 2 atom stereocenters. The number of phenols is 1. The van der Waals surface area contributed by atoms with Crippen LogP contribution in [0.2, 0.25) is 5.02 Å². The fourth-order valence-electron chi connectivity index (χ4n) is 4.71. The Morgan fingerprint density at radius 3 is 2.43 bits per heavy atom. The molecule has 11 heteroatoms. The van der Waals surface area contributed by atoms with Gasteiger partial charge in [-0.15, -0.1) is 0 Å². The number of piperidine rings is 1. The number of benzene rings is 2. The van der Waals surface area contributed by atoms with Crippen LogP contribution < -0.4 is 26.8 Å². The van der Waals surface area contributed by atoms with Crippen LogP contribution in [0, 0.1) is 11.7 Å². The third kappa shape index (κ3) is 3.79. The molecule has 2 aliphatic rings. The largest absolute Gasteiger partial charge is 0.505 e. The standard InChI is InChI=1S/C24H20ClFN4O5/c25-17-13(26)4-2-5-14(17)28-18-19(22(33)21(18)32)29-15-6-1-3-12(20(15)31)24(35)30-10-8-11-16(30)7-9-27-23(11)34/h1-6,11,16,28-29,31H,7-10H2,(H,27,34). The van der Waals surface area contributed by atoms with E-state index in [2.05, 4.69) is 16.0 Å². The van der Waals surface area contributed by atoms with Crippen molar-refractivity contribution < 1.29 is 19.1 Å². The van der Waals surface area contributed by atoms with E-state index in [0.29, 0.717) is 25.9 Å². The van der Waals surface area contributed by atoms with Crippen LogP contribution >= 0.6 is 11.6 Å². The Balaban J connectivity index is 1.41. The summed E-state index contributed by atoms with van der Waals surface area (Å²) >= 11 is 5.93. The molecule has 2 aliphatic heterocycles. The van der Waals surface area contributed by atoms with Crippen LogP contribution in [0.15, 0.2) is 46.0 Å². The van der Waals surface area contributed by atoms with Crippen molar-refractivity contribution in [2.75, 3.05) is 23.7 Å². The van der Waals surface area contributed by atoms with Gasteiger partial charge >= 0.3 is 0 Å². The first kappa shape index (κ1) is 22.9. The number of anilines is 4. The molecule has 2 heterocycles. The van der Waals surface area contributed by atoms with Gasteiger partial charge in [0.15, 0.2) is 5.75 Å². The molecule has 0 aliphatic carbocycles. The Kier molecular flexibility index (Phi) is 5.68. The van der Waals surface area contributed by atoms with E-state index in [0.717, 1.165) is 6.07 Å². The maximum Gasteiger partial charge on any atom is 0.257 e. The normalized spacial score (nSPS) is 19.4. The maximum absolute atomic E-state index is 13.7. The zero-order chi connectivity index (χ0) is 24.9. The number of amides is 2. The molecule has 2 unspecified atom stereocenters. The summed E-state index contributed by atoms with van der Waals surface area (Å²) in [5.41, 5.74) is -1.84. The number of fused-ring (bicyclic) bond motifs is 1. The van der Waals surface area contributed by atoms with Gasteiger partial charge in [0.25, 0.3) is 16.8 Å². The van der Waals surface area contributed by atoms with Gasteiger partial charge in [-0.25, -0.2) is 4.39 Å². The predicted octanol–water partition coefficient (Wildman–Crippen LogP) is 2.62. The smallest absolute Gasteiger partial charge is 0.257 e. The molecule has 35 heavy (non-hydrogen) atoms. The molecule has 0 bridgehead atoms. The van der Waals surface area contributed by atoms with Crippen LogP contribution in [0.4, 0.5) is 27.1 Å². The number of likely N-dealkylation sites (tertiary alicyclic amines) is 1. The third-order valence-corrected chi connectivity index (χ3v) is 6.91. The van der Waals surface area contributed by atoms with Crippen LogP contribution in [0.3, 0.4) is 0 Å². The summed E-state index contributed by atoms with van der Waals surface area (Å²) in [5, 5.41) is 18.8. The zero-order valence-electron chi connectivity index (χ0n) is 18.2. The highest BCUT2D eigenvalue weighted by atomic mass is 35.5. The van der Waals surface area contributed by atoms with Crippen LogP contribution in [0.5, 0.6) is 5.75 Å². The summed E-state index contributed by atoms with van der Waals surface area (Å²) < 4.78 is 13.7. The minimum absolute atomic E-state index is 0.00279. The molecule has 0 saturated carbocycles. The van der Waals surface area contributed by atoms with Gasteiger partial charge in [0.2, 0.25) is 5.91 Å².